The first-order chi connectivity index (χ1) is 21.4. The summed E-state index contributed by atoms with van der Waals surface area (Å²) in [4.78, 5) is 12.7. The van der Waals surface area contributed by atoms with Crippen molar-refractivity contribution < 1.29 is 66.8 Å². The van der Waals surface area contributed by atoms with Gasteiger partial charge >= 0.3 is 10.4 Å². The Morgan fingerprint density at radius 1 is 1.15 bits per heavy atom. The predicted octanol–water partition coefficient (Wildman–Crippen LogP) is -6.01. The number of amides is 1. The zero-order valence-electron chi connectivity index (χ0n) is 25.7. The van der Waals surface area contributed by atoms with Crippen LogP contribution in [0.4, 0.5) is 0 Å². The molecule has 0 aromatic heterocycles. The zero-order valence-corrected chi connectivity index (χ0v) is 26.5. The first-order valence-corrected chi connectivity index (χ1v) is 16.1. The van der Waals surface area contributed by atoms with Gasteiger partial charge in [0, 0.05) is 12.6 Å². The van der Waals surface area contributed by atoms with E-state index in [0.717, 1.165) is 0 Å². The van der Waals surface area contributed by atoms with Crippen molar-refractivity contribution in [2.45, 2.75) is 99.1 Å². The third-order valence-electron chi connectivity index (χ3n) is 7.63. The Morgan fingerprint density at radius 3 is 2.37 bits per heavy atom. The van der Waals surface area contributed by atoms with E-state index in [1.54, 1.807) is 7.05 Å². The summed E-state index contributed by atoms with van der Waals surface area (Å²) < 4.78 is 55.3. The summed E-state index contributed by atoms with van der Waals surface area (Å²) in [5.41, 5.74) is 16.7. The standard InChI is InChI=1S/C25H48N6O10.H2O4S/c1-25(37)11-38-24(18(35)21(25)29-2)41-20-15(31-22(36)16(33)5-6-26)9-14(28)19(17(20)34)40-23-13(27)4-3-12(39-23)10-30-7-8-32;1-5(2,3)4/h3,13-21,23-24,29-30,32-35,37H,4-11,26-28H2,1-2H3,(H,31,36);(H2,1,2,3,4). The van der Waals surface area contributed by atoms with Crippen LogP contribution in [0.3, 0.4) is 0 Å². The van der Waals surface area contributed by atoms with Gasteiger partial charge in [-0.3, -0.25) is 13.9 Å². The molecule has 1 saturated heterocycles. The normalized spacial score (nSPS) is 37.3. The smallest absolute Gasteiger partial charge is 0.394 e. The van der Waals surface area contributed by atoms with Gasteiger partial charge < -0.3 is 77.6 Å². The van der Waals surface area contributed by atoms with E-state index in [0.29, 0.717) is 25.3 Å². The maximum Gasteiger partial charge on any atom is 0.394 e. The van der Waals surface area contributed by atoms with Crippen LogP contribution in [0.1, 0.15) is 26.2 Å². The molecular formula is C25H50N6O14S. The van der Waals surface area contributed by atoms with Crippen LogP contribution in [0, 0.1) is 0 Å². The molecule has 270 valence electrons. The van der Waals surface area contributed by atoms with Gasteiger partial charge in [-0.05, 0) is 45.9 Å². The molecule has 0 aromatic carbocycles. The number of rotatable bonds is 13. The Labute approximate surface area is 267 Å². The molecule has 2 aliphatic heterocycles. The third kappa shape index (κ3) is 12.1. The molecule has 0 bridgehead atoms. The molecule has 2 heterocycles. The van der Waals surface area contributed by atoms with Crippen molar-refractivity contribution in [3.63, 3.8) is 0 Å². The number of likely N-dealkylation sites (N-methyl/N-ethyl adjacent to an activating group) is 1. The highest BCUT2D eigenvalue weighted by molar-refractivity contribution is 7.79. The molecule has 1 amide bonds. The van der Waals surface area contributed by atoms with Gasteiger partial charge in [0.05, 0.1) is 37.9 Å². The summed E-state index contributed by atoms with van der Waals surface area (Å²) in [6, 6.07) is -3.12. The second-order valence-corrected chi connectivity index (χ2v) is 12.4. The van der Waals surface area contributed by atoms with Gasteiger partial charge in [0.1, 0.15) is 41.9 Å². The molecule has 46 heavy (non-hydrogen) atoms. The van der Waals surface area contributed by atoms with Crippen molar-refractivity contribution in [3.8, 4) is 0 Å². The molecule has 16 N–H and O–H groups in total. The van der Waals surface area contributed by atoms with E-state index in [1.807, 2.05) is 6.08 Å². The number of hydrogen-bond acceptors (Lipinski definition) is 17. The van der Waals surface area contributed by atoms with E-state index in [9.17, 15) is 25.2 Å². The fraction of sp³-hybridized carbons (Fsp3) is 0.880. The van der Waals surface area contributed by atoms with E-state index < -0.39 is 89.2 Å². The number of ether oxygens (including phenoxy) is 4. The first-order valence-electron chi connectivity index (χ1n) is 14.7. The Kier molecular flexibility index (Phi) is 16.0. The van der Waals surface area contributed by atoms with E-state index in [4.69, 9.17) is 58.8 Å². The van der Waals surface area contributed by atoms with Crippen molar-refractivity contribution in [3.05, 3.63) is 11.8 Å². The molecule has 1 saturated carbocycles. The van der Waals surface area contributed by atoms with E-state index in [2.05, 4.69) is 16.0 Å². The SMILES string of the molecule is CNC1C(O)C(OC2C(NC(=O)C(O)CCN)CC(N)C(OC3OC(CNCCO)=CCC3N)C2O)OCC1(C)O.O=S(=O)(O)O. The number of aliphatic hydroxyl groups excluding tert-OH is 4. The molecule has 0 spiro atoms. The molecule has 21 heteroatoms. The third-order valence-corrected chi connectivity index (χ3v) is 7.63. The van der Waals surface area contributed by atoms with Crippen LogP contribution in [0.25, 0.3) is 0 Å². The maximum atomic E-state index is 12.7. The van der Waals surface area contributed by atoms with Gasteiger partial charge in [-0.25, -0.2) is 0 Å². The lowest BCUT2D eigenvalue weighted by molar-refractivity contribution is -0.304. The molecule has 1 aliphatic carbocycles. The number of nitrogens with one attached hydrogen (secondary N) is 3. The van der Waals surface area contributed by atoms with Gasteiger partial charge in [-0.2, -0.15) is 8.42 Å². The van der Waals surface area contributed by atoms with Gasteiger partial charge in [0.15, 0.2) is 6.29 Å². The quantitative estimate of drug-likeness (QED) is 0.0631. The number of nitrogens with two attached hydrogens (primary N) is 3. The molecule has 3 rings (SSSR count). The summed E-state index contributed by atoms with van der Waals surface area (Å²) >= 11 is 0. The minimum atomic E-state index is -4.67. The van der Waals surface area contributed by atoms with Crippen LogP contribution in [-0.2, 0) is 34.1 Å². The van der Waals surface area contributed by atoms with Crippen molar-refractivity contribution in [2.24, 2.45) is 17.2 Å². The summed E-state index contributed by atoms with van der Waals surface area (Å²) in [7, 11) is -3.10. The van der Waals surface area contributed by atoms with E-state index >= 15 is 0 Å². The minimum absolute atomic E-state index is 0.0216. The van der Waals surface area contributed by atoms with Crippen LogP contribution in [0.2, 0.25) is 0 Å². The van der Waals surface area contributed by atoms with Crippen LogP contribution < -0.4 is 33.2 Å². The number of carbonyl (C=O) groups excluding carboxylic acids is 1. The monoisotopic (exact) mass is 690 g/mol. The summed E-state index contributed by atoms with van der Waals surface area (Å²) in [6.45, 7) is 2.07. The van der Waals surface area contributed by atoms with Crippen LogP contribution in [0.5, 0.6) is 0 Å². The number of hydrogen-bond donors (Lipinski definition) is 13. The molecular weight excluding hydrogens is 640 g/mol. The zero-order chi connectivity index (χ0) is 34.8. The van der Waals surface area contributed by atoms with Crippen LogP contribution in [0.15, 0.2) is 11.8 Å². The highest BCUT2D eigenvalue weighted by Crippen LogP contribution is 2.32. The second-order valence-electron chi connectivity index (χ2n) is 11.5. The van der Waals surface area contributed by atoms with Crippen LogP contribution >= 0.6 is 0 Å². The maximum absolute atomic E-state index is 12.7. The topological polar surface area (TPSA) is 344 Å². The largest absolute Gasteiger partial charge is 0.467 e. The van der Waals surface area contributed by atoms with E-state index in [-0.39, 0.29) is 32.6 Å². The van der Waals surface area contributed by atoms with Crippen molar-refractivity contribution in [1.29, 1.82) is 0 Å². The lowest BCUT2D eigenvalue weighted by Crippen LogP contribution is -2.69. The summed E-state index contributed by atoms with van der Waals surface area (Å²) in [5, 5.41) is 60.7. The highest BCUT2D eigenvalue weighted by Gasteiger charge is 2.51. The average molecular weight is 691 g/mol. The van der Waals surface area contributed by atoms with Crippen molar-refractivity contribution in [2.75, 3.05) is 39.9 Å². The Hall–Kier alpha value is -1.64. The lowest BCUT2D eigenvalue weighted by atomic mass is 9.83. The van der Waals surface area contributed by atoms with Gasteiger partial charge in [-0.1, -0.05) is 0 Å². The Morgan fingerprint density at radius 2 is 1.78 bits per heavy atom. The number of aliphatic hydroxyl groups is 5. The second kappa shape index (κ2) is 18.2. The number of carbonyl (C=O) groups is 1. The average Bonchev–Trinajstić information content (AvgIpc) is 2.95. The van der Waals surface area contributed by atoms with Crippen LogP contribution in [-0.4, -0.2) is 162 Å². The Balaban J connectivity index is 0.00000136. The van der Waals surface area contributed by atoms with Gasteiger partial charge in [0.2, 0.25) is 12.2 Å². The lowest BCUT2D eigenvalue weighted by Gasteiger charge is -2.48. The summed E-state index contributed by atoms with van der Waals surface area (Å²) in [6.07, 6.45) is -6.40. The fourth-order valence-electron chi connectivity index (χ4n) is 5.38. The summed E-state index contributed by atoms with van der Waals surface area (Å²) in [5.74, 6) is -0.170. The highest BCUT2D eigenvalue weighted by atomic mass is 32.3. The molecule has 20 nitrogen and oxygen atoms in total. The van der Waals surface area contributed by atoms with E-state index in [1.165, 1.54) is 6.92 Å². The van der Waals surface area contributed by atoms with Gasteiger partial charge in [0.25, 0.3) is 0 Å². The van der Waals surface area contributed by atoms with Crippen molar-refractivity contribution in [1.82, 2.24) is 16.0 Å². The molecule has 0 aromatic rings. The molecule has 0 radical (unpaired) electrons. The Bertz CT molecular complexity index is 1080. The minimum Gasteiger partial charge on any atom is -0.467 e. The molecule has 2 fully saturated rings. The first kappa shape index (κ1) is 40.5. The predicted molar refractivity (Wildman–Crippen MR) is 159 cm³/mol. The fourth-order valence-corrected chi connectivity index (χ4v) is 5.38. The molecule has 12 unspecified atom stereocenters. The van der Waals surface area contributed by atoms with Gasteiger partial charge in [-0.15, -0.1) is 0 Å². The molecule has 12 atom stereocenters. The molecule has 3 aliphatic rings. The van der Waals surface area contributed by atoms with Crippen molar-refractivity contribution >= 4 is 16.3 Å².